The van der Waals surface area contributed by atoms with Crippen molar-refractivity contribution in [2.45, 2.75) is 19.9 Å². The number of carbonyl (C=O) groups is 1. The van der Waals surface area contributed by atoms with Crippen LogP contribution in [0.25, 0.3) is 11.3 Å². The number of hydrogen-bond acceptors (Lipinski definition) is 5. The lowest BCUT2D eigenvalue weighted by Gasteiger charge is -2.27. The minimum absolute atomic E-state index is 0.0885. The number of aryl methyl sites for hydroxylation is 1. The molecule has 0 spiro atoms. The second-order valence-electron chi connectivity index (χ2n) is 6.89. The van der Waals surface area contributed by atoms with Gasteiger partial charge in [0.05, 0.1) is 12.3 Å². The Morgan fingerprint density at radius 3 is 2.45 bits per heavy atom. The molecule has 31 heavy (non-hydrogen) atoms. The van der Waals surface area contributed by atoms with E-state index in [-0.39, 0.29) is 16.5 Å². The van der Waals surface area contributed by atoms with Crippen LogP contribution in [0.2, 0.25) is 5.02 Å². The fraction of sp³-hybridized carbons (Fsp3) is 0.200. The Morgan fingerprint density at radius 1 is 1.26 bits per heavy atom. The topological polar surface area (TPSA) is 113 Å². The summed E-state index contributed by atoms with van der Waals surface area (Å²) in [4.78, 5) is 13.2. The van der Waals surface area contributed by atoms with Gasteiger partial charge in [-0.25, -0.2) is 17.6 Å². The molecule has 3 aromatic rings. The lowest BCUT2D eigenvalue weighted by molar-refractivity contribution is 0.199. The molecule has 0 bridgehead atoms. The fourth-order valence-electron chi connectivity index (χ4n) is 3.18. The maximum Gasteiger partial charge on any atom is 0.412 e. The molecule has 1 amide bonds. The minimum atomic E-state index is -3.44. The van der Waals surface area contributed by atoms with E-state index in [2.05, 4.69) is 9.88 Å². The first-order chi connectivity index (χ1) is 14.5. The molecular formula is C20H19ClFN3O5S. The van der Waals surface area contributed by atoms with E-state index in [4.69, 9.17) is 16.1 Å². The van der Waals surface area contributed by atoms with E-state index >= 15 is 0 Å². The summed E-state index contributed by atoms with van der Waals surface area (Å²) in [6.45, 7) is 3.21. The Balaban J connectivity index is 2.05. The number of nitrogens with one attached hydrogen (secondary N) is 1. The fourth-order valence-corrected chi connectivity index (χ4v) is 4.07. The van der Waals surface area contributed by atoms with E-state index in [0.717, 1.165) is 17.2 Å². The first kappa shape index (κ1) is 22.6. The normalized spacial score (nSPS) is 12.4. The van der Waals surface area contributed by atoms with Gasteiger partial charge in [0, 0.05) is 16.3 Å². The number of hydrogen-bond donors (Lipinski definition) is 2. The zero-order chi connectivity index (χ0) is 22.9. The molecule has 164 valence electrons. The average molecular weight is 468 g/mol. The Morgan fingerprint density at radius 2 is 1.90 bits per heavy atom. The number of anilines is 2. The smallest absolute Gasteiger partial charge is 0.412 e. The number of amides is 1. The summed E-state index contributed by atoms with van der Waals surface area (Å²) in [7, 11) is -3.44. The van der Waals surface area contributed by atoms with Crippen LogP contribution in [0.15, 0.2) is 47.0 Å². The Bertz CT molecular complexity index is 1230. The van der Waals surface area contributed by atoms with E-state index in [0.29, 0.717) is 22.5 Å². The predicted octanol–water partition coefficient (Wildman–Crippen LogP) is 5.06. The second-order valence-corrected chi connectivity index (χ2v) is 9.05. The number of sulfonamides is 1. The van der Waals surface area contributed by atoms with Gasteiger partial charge in [-0.05, 0) is 55.8 Å². The molecule has 0 radical (unpaired) electrons. The second kappa shape index (κ2) is 8.56. The Kier molecular flexibility index (Phi) is 6.23. The molecule has 3 rings (SSSR count). The van der Waals surface area contributed by atoms with Gasteiger partial charge >= 0.3 is 6.09 Å². The van der Waals surface area contributed by atoms with Crippen molar-refractivity contribution in [1.29, 1.82) is 0 Å². The minimum Gasteiger partial charge on any atom is -0.465 e. The van der Waals surface area contributed by atoms with Crippen LogP contribution in [0.4, 0.5) is 20.6 Å². The first-order valence-corrected chi connectivity index (χ1v) is 11.3. The third-order valence-corrected chi connectivity index (χ3v) is 5.46. The maximum absolute atomic E-state index is 13.4. The van der Waals surface area contributed by atoms with Crippen LogP contribution in [0.3, 0.4) is 0 Å². The molecule has 2 aromatic carbocycles. The first-order valence-electron chi connectivity index (χ1n) is 8.99. The van der Waals surface area contributed by atoms with Crippen molar-refractivity contribution >= 4 is 39.1 Å². The van der Waals surface area contributed by atoms with Crippen molar-refractivity contribution in [1.82, 2.24) is 5.16 Å². The summed E-state index contributed by atoms with van der Waals surface area (Å²) in [5, 5.41) is 13.9. The molecule has 1 aromatic heterocycles. The highest BCUT2D eigenvalue weighted by molar-refractivity contribution is 7.92. The largest absolute Gasteiger partial charge is 0.465 e. The van der Waals surface area contributed by atoms with Crippen LogP contribution in [-0.4, -0.2) is 31.0 Å². The van der Waals surface area contributed by atoms with Crippen LogP contribution in [-0.2, 0) is 10.0 Å². The van der Waals surface area contributed by atoms with Gasteiger partial charge in [0.1, 0.15) is 17.2 Å². The van der Waals surface area contributed by atoms with Crippen molar-refractivity contribution in [3.05, 3.63) is 64.6 Å². The number of aromatic nitrogens is 1. The van der Waals surface area contributed by atoms with Crippen LogP contribution < -0.4 is 9.62 Å². The predicted molar refractivity (Wildman–Crippen MR) is 115 cm³/mol. The summed E-state index contributed by atoms with van der Waals surface area (Å²) in [5.74, 6) is -0.358. The molecule has 8 nitrogen and oxygen atoms in total. The third-order valence-electron chi connectivity index (χ3n) is 4.53. The molecule has 1 heterocycles. The van der Waals surface area contributed by atoms with Gasteiger partial charge in [0.15, 0.2) is 5.76 Å². The molecule has 0 saturated heterocycles. The number of halogens is 2. The summed E-state index contributed by atoms with van der Waals surface area (Å²) in [6, 6.07) is 9.14. The lowest BCUT2D eigenvalue weighted by Crippen LogP contribution is -2.33. The Hall–Kier alpha value is -3.11. The van der Waals surface area contributed by atoms with E-state index in [1.54, 1.807) is 26.0 Å². The molecule has 2 N–H and O–H groups in total. The zero-order valence-electron chi connectivity index (χ0n) is 16.8. The van der Waals surface area contributed by atoms with Gasteiger partial charge in [0.25, 0.3) is 0 Å². The van der Waals surface area contributed by atoms with Crippen LogP contribution in [0, 0.1) is 12.7 Å². The highest BCUT2D eigenvalue weighted by Gasteiger charge is 2.31. The highest BCUT2D eigenvalue weighted by atomic mass is 35.5. The van der Waals surface area contributed by atoms with Crippen molar-refractivity contribution in [2.75, 3.05) is 15.9 Å². The SMILES string of the molecule is Cc1noc(-c2ccc(NS(C)(=O)=O)cc2)c1N(C(=O)O)C(C)c1ccc(F)cc1Cl. The summed E-state index contributed by atoms with van der Waals surface area (Å²) >= 11 is 6.15. The lowest BCUT2D eigenvalue weighted by atomic mass is 10.0. The number of benzene rings is 2. The summed E-state index contributed by atoms with van der Waals surface area (Å²) in [6.07, 6.45) is -0.248. The van der Waals surface area contributed by atoms with Crippen molar-refractivity contribution < 1.29 is 27.2 Å². The monoisotopic (exact) mass is 467 g/mol. The maximum atomic E-state index is 13.4. The van der Waals surface area contributed by atoms with Gasteiger partial charge in [0.2, 0.25) is 10.0 Å². The van der Waals surface area contributed by atoms with Crippen LogP contribution in [0.1, 0.15) is 24.2 Å². The molecule has 11 heteroatoms. The number of nitrogens with zero attached hydrogens (tertiary/aromatic N) is 2. The van der Waals surface area contributed by atoms with E-state index in [1.807, 2.05) is 0 Å². The molecule has 0 aliphatic carbocycles. The van der Waals surface area contributed by atoms with Gasteiger partial charge in [-0.3, -0.25) is 9.62 Å². The van der Waals surface area contributed by atoms with Crippen LogP contribution >= 0.6 is 11.6 Å². The Labute approximate surface area is 183 Å². The quantitative estimate of drug-likeness (QED) is 0.524. The number of carboxylic acid groups (broad SMARTS) is 1. The highest BCUT2D eigenvalue weighted by Crippen LogP contribution is 2.40. The molecule has 0 saturated carbocycles. The average Bonchev–Trinajstić information content (AvgIpc) is 3.02. The number of rotatable bonds is 6. The van der Waals surface area contributed by atoms with Gasteiger partial charge in [-0.2, -0.15) is 0 Å². The van der Waals surface area contributed by atoms with Crippen molar-refractivity contribution in [3.8, 4) is 11.3 Å². The molecule has 1 unspecified atom stereocenters. The standard InChI is InChI=1S/C20H19ClFN3O5S/c1-11-18(25(20(26)27)12(2)16-9-6-14(22)10-17(16)21)19(30-23-11)13-4-7-15(8-5-13)24-31(3,28)29/h4-10,12,24H,1-3H3,(H,26,27). The molecule has 0 fully saturated rings. The van der Waals surface area contributed by atoms with E-state index in [9.17, 15) is 22.7 Å². The van der Waals surface area contributed by atoms with Crippen LogP contribution in [0.5, 0.6) is 0 Å². The molecular weight excluding hydrogens is 449 g/mol. The third kappa shape index (κ3) is 4.97. The van der Waals surface area contributed by atoms with Gasteiger partial charge in [-0.1, -0.05) is 22.8 Å². The summed E-state index contributed by atoms with van der Waals surface area (Å²) < 4.78 is 44.0. The van der Waals surface area contributed by atoms with E-state index < -0.39 is 28.0 Å². The van der Waals surface area contributed by atoms with Gasteiger partial charge < -0.3 is 9.63 Å². The molecule has 0 aliphatic rings. The summed E-state index contributed by atoms with van der Waals surface area (Å²) in [5.41, 5.74) is 1.75. The van der Waals surface area contributed by atoms with Crippen molar-refractivity contribution in [2.24, 2.45) is 0 Å². The molecule has 0 aliphatic heterocycles. The van der Waals surface area contributed by atoms with E-state index in [1.165, 1.54) is 24.3 Å². The molecule has 1 atom stereocenters. The van der Waals surface area contributed by atoms with Gasteiger partial charge in [-0.15, -0.1) is 0 Å². The van der Waals surface area contributed by atoms with Crippen molar-refractivity contribution in [3.63, 3.8) is 0 Å². The zero-order valence-corrected chi connectivity index (χ0v) is 18.3.